The van der Waals surface area contributed by atoms with Gasteiger partial charge >= 0.3 is 5.97 Å². The zero-order valence-electron chi connectivity index (χ0n) is 23.0. The number of ether oxygens (including phenoxy) is 1. The number of nitrogens with one attached hydrogen (secondary N) is 2. The molecule has 2 heterocycles. The third-order valence-electron chi connectivity index (χ3n) is 6.82. The van der Waals surface area contributed by atoms with Gasteiger partial charge in [-0.25, -0.2) is 19.7 Å². The zero-order chi connectivity index (χ0) is 29.6. The molecular formula is C31H28N8O3. The largest absolute Gasteiger partial charge is 0.465 e. The molecule has 2 aromatic heterocycles. The number of hydrogen-bond acceptors (Lipinski definition) is 10. The van der Waals surface area contributed by atoms with Crippen LogP contribution < -0.4 is 21.9 Å². The highest BCUT2D eigenvalue weighted by Crippen LogP contribution is 2.28. The van der Waals surface area contributed by atoms with Crippen molar-refractivity contribution in [3.05, 3.63) is 112 Å². The van der Waals surface area contributed by atoms with Crippen molar-refractivity contribution < 1.29 is 9.53 Å². The highest BCUT2D eigenvalue weighted by Gasteiger charge is 2.23. The average Bonchev–Trinajstić information content (AvgIpc) is 3.02. The van der Waals surface area contributed by atoms with Gasteiger partial charge in [0.05, 0.1) is 35.3 Å². The number of rotatable bonds is 9. The van der Waals surface area contributed by atoms with Gasteiger partial charge in [0.25, 0.3) is 5.56 Å². The summed E-state index contributed by atoms with van der Waals surface area (Å²) < 4.78 is 6.35. The summed E-state index contributed by atoms with van der Waals surface area (Å²) in [4.78, 5) is 39.2. The van der Waals surface area contributed by atoms with Crippen LogP contribution in [0.2, 0.25) is 0 Å². The molecule has 3 aromatic carbocycles. The fourth-order valence-corrected chi connectivity index (χ4v) is 4.66. The molecule has 5 rings (SSSR count). The highest BCUT2D eigenvalue weighted by molar-refractivity contribution is 5.91. The Morgan fingerprint density at radius 2 is 1.83 bits per heavy atom. The van der Waals surface area contributed by atoms with E-state index in [1.807, 2.05) is 67.6 Å². The van der Waals surface area contributed by atoms with Crippen LogP contribution in [0.5, 0.6) is 0 Å². The van der Waals surface area contributed by atoms with E-state index < -0.39 is 12.0 Å². The fourth-order valence-electron chi connectivity index (χ4n) is 4.66. The van der Waals surface area contributed by atoms with Crippen LogP contribution in [0.3, 0.4) is 0 Å². The lowest BCUT2D eigenvalue weighted by molar-refractivity contribution is 0.0600. The summed E-state index contributed by atoms with van der Waals surface area (Å²) >= 11 is 0. The predicted octanol–water partition coefficient (Wildman–Crippen LogP) is 4.59. The lowest BCUT2D eigenvalue weighted by Crippen LogP contribution is -2.29. The van der Waals surface area contributed by atoms with Crippen LogP contribution >= 0.6 is 0 Å². The van der Waals surface area contributed by atoms with E-state index in [-0.39, 0.29) is 22.8 Å². The predicted molar refractivity (Wildman–Crippen MR) is 160 cm³/mol. The number of anilines is 3. The van der Waals surface area contributed by atoms with Crippen molar-refractivity contribution in [3.63, 3.8) is 0 Å². The number of nitrogens with zero attached hydrogens (tertiary/aromatic N) is 5. The monoisotopic (exact) mass is 560 g/mol. The van der Waals surface area contributed by atoms with Crippen molar-refractivity contribution in [3.8, 4) is 11.8 Å². The summed E-state index contributed by atoms with van der Waals surface area (Å²) in [5.41, 5.74) is 8.92. The molecule has 5 aromatic rings. The molecule has 0 unspecified atom stereocenters. The van der Waals surface area contributed by atoms with Gasteiger partial charge in [-0.1, -0.05) is 43.3 Å². The van der Waals surface area contributed by atoms with Crippen LogP contribution in [-0.2, 0) is 11.3 Å². The first kappa shape index (κ1) is 27.8. The molecule has 4 N–H and O–H groups in total. The first-order chi connectivity index (χ1) is 20.4. The summed E-state index contributed by atoms with van der Waals surface area (Å²) in [5.74, 6) is 0.378. The van der Waals surface area contributed by atoms with Crippen molar-refractivity contribution in [2.75, 3.05) is 23.5 Å². The molecule has 0 amide bonds. The first-order valence-electron chi connectivity index (χ1n) is 13.2. The Labute approximate surface area is 241 Å². The first-order valence-corrected chi connectivity index (χ1v) is 13.2. The maximum Gasteiger partial charge on any atom is 0.337 e. The second kappa shape index (κ2) is 12.2. The molecule has 0 aliphatic carbocycles. The van der Waals surface area contributed by atoms with E-state index >= 15 is 0 Å². The number of methoxy groups -OCH3 is 1. The normalized spacial score (nSPS) is 11.5. The second-order valence-corrected chi connectivity index (χ2v) is 9.39. The van der Waals surface area contributed by atoms with Gasteiger partial charge in [0, 0.05) is 12.2 Å². The standard InChI is InChI=1S/C31H28N8O3/c1-3-23(37-28-22(16-32)27(33)35-18-36-28)29-38-25-11-7-10-24(26(25)30(40)39(29)21-8-5-4-6-9-21)34-17-19-12-14-20(15-13-19)31(41)42-2/h4-15,18,23,34H,3,17H2,1-2H3,(H3,33,35,36,37)/t23-/m0/s1. The van der Waals surface area contributed by atoms with E-state index in [9.17, 15) is 14.9 Å². The molecule has 42 heavy (non-hydrogen) atoms. The maximum absolute atomic E-state index is 14.3. The molecule has 0 fully saturated rings. The summed E-state index contributed by atoms with van der Waals surface area (Å²) in [7, 11) is 1.34. The topological polar surface area (TPSA) is 161 Å². The summed E-state index contributed by atoms with van der Waals surface area (Å²) in [5, 5.41) is 16.7. The molecule has 0 bridgehead atoms. The van der Waals surface area contributed by atoms with Crippen molar-refractivity contribution in [1.29, 1.82) is 5.26 Å². The lowest BCUT2D eigenvalue weighted by atomic mass is 10.1. The Balaban J connectivity index is 1.59. The van der Waals surface area contributed by atoms with Crippen LogP contribution in [0.4, 0.5) is 17.3 Å². The highest BCUT2D eigenvalue weighted by atomic mass is 16.5. The number of carbonyl (C=O) groups excluding carboxylic acids is 1. The molecule has 0 saturated carbocycles. The number of nitrogens with two attached hydrogens (primary N) is 1. The number of benzene rings is 3. The molecule has 210 valence electrons. The Kier molecular flexibility index (Phi) is 8.06. The van der Waals surface area contributed by atoms with Gasteiger partial charge in [-0.15, -0.1) is 0 Å². The van der Waals surface area contributed by atoms with Crippen LogP contribution in [0.1, 0.15) is 46.7 Å². The van der Waals surface area contributed by atoms with Gasteiger partial charge in [-0.05, 0) is 48.4 Å². The number of para-hydroxylation sites is 1. The minimum Gasteiger partial charge on any atom is -0.465 e. The molecule has 11 nitrogen and oxygen atoms in total. The Morgan fingerprint density at radius 1 is 1.07 bits per heavy atom. The van der Waals surface area contributed by atoms with E-state index in [1.165, 1.54) is 13.4 Å². The summed E-state index contributed by atoms with van der Waals surface area (Å²) in [6.45, 7) is 2.36. The van der Waals surface area contributed by atoms with Crippen LogP contribution in [0, 0.1) is 11.3 Å². The van der Waals surface area contributed by atoms with Crippen molar-refractivity contribution in [1.82, 2.24) is 19.5 Å². The quantitative estimate of drug-likeness (QED) is 0.217. The Morgan fingerprint density at radius 3 is 2.52 bits per heavy atom. The molecule has 11 heteroatoms. The van der Waals surface area contributed by atoms with E-state index in [0.717, 1.165) is 5.56 Å². The van der Waals surface area contributed by atoms with Crippen LogP contribution in [0.25, 0.3) is 16.6 Å². The summed E-state index contributed by atoms with van der Waals surface area (Å²) in [6.07, 6.45) is 1.81. The van der Waals surface area contributed by atoms with Gasteiger partial charge in [0.15, 0.2) is 0 Å². The molecule has 0 aliphatic heterocycles. The zero-order valence-corrected chi connectivity index (χ0v) is 23.0. The van der Waals surface area contributed by atoms with Crippen molar-refractivity contribution in [2.45, 2.75) is 25.9 Å². The SMILES string of the molecule is CC[C@H](Nc1ncnc(N)c1C#N)c1nc2cccc(NCc3ccc(C(=O)OC)cc3)c2c(=O)n1-c1ccccc1. The minimum atomic E-state index is -0.492. The van der Waals surface area contributed by atoms with Gasteiger partial charge in [-0.3, -0.25) is 9.36 Å². The second-order valence-electron chi connectivity index (χ2n) is 9.39. The molecule has 0 aliphatic rings. The third-order valence-corrected chi connectivity index (χ3v) is 6.82. The van der Waals surface area contributed by atoms with Gasteiger partial charge in [0.1, 0.15) is 35.4 Å². The van der Waals surface area contributed by atoms with E-state index in [2.05, 4.69) is 20.6 Å². The lowest BCUT2D eigenvalue weighted by Gasteiger charge is -2.23. The summed E-state index contributed by atoms with van der Waals surface area (Å²) in [6, 6.07) is 23.3. The third kappa shape index (κ3) is 5.46. The van der Waals surface area contributed by atoms with E-state index in [0.29, 0.717) is 46.6 Å². The van der Waals surface area contributed by atoms with E-state index in [1.54, 1.807) is 22.8 Å². The number of nitrogen functional groups attached to an aromatic ring is 1. The van der Waals surface area contributed by atoms with Crippen LogP contribution in [-0.4, -0.2) is 32.6 Å². The number of aromatic nitrogens is 4. The van der Waals surface area contributed by atoms with Gasteiger partial charge < -0.3 is 21.1 Å². The van der Waals surface area contributed by atoms with E-state index in [4.69, 9.17) is 15.5 Å². The number of carbonyl (C=O) groups is 1. The number of esters is 1. The molecule has 0 spiro atoms. The molecule has 1 atom stereocenters. The fraction of sp³-hybridized carbons (Fsp3) is 0.161. The number of nitriles is 1. The molecule has 0 radical (unpaired) electrons. The Hall–Kier alpha value is -5.76. The maximum atomic E-state index is 14.3. The molecule has 0 saturated heterocycles. The Bertz CT molecular complexity index is 1850. The number of hydrogen-bond donors (Lipinski definition) is 3. The van der Waals surface area contributed by atoms with Gasteiger partial charge in [-0.2, -0.15) is 5.26 Å². The van der Waals surface area contributed by atoms with Gasteiger partial charge in [0.2, 0.25) is 0 Å². The van der Waals surface area contributed by atoms with Crippen molar-refractivity contribution >= 4 is 34.2 Å². The van der Waals surface area contributed by atoms with Crippen molar-refractivity contribution in [2.24, 2.45) is 0 Å². The number of fused-ring (bicyclic) bond motifs is 1. The van der Waals surface area contributed by atoms with Crippen LogP contribution in [0.15, 0.2) is 83.9 Å². The average molecular weight is 561 g/mol. The minimum absolute atomic E-state index is 0.0624. The smallest absolute Gasteiger partial charge is 0.337 e. The molecular weight excluding hydrogens is 532 g/mol.